The zero-order chi connectivity index (χ0) is 20.6. The Bertz CT molecular complexity index is 889. The van der Waals surface area contributed by atoms with E-state index in [0.717, 1.165) is 24.7 Å². The number of nitrogens with zero attached hydrogens (tertiary/aromatic N) is 3. The molecule has 2 aromatic rings. The minimum atomic E-state index is -0.592. The number of hydrogen-bond donors (Lipinski definition) is 2. The van der Waals surface area contributed by atoms with Crippen LogP contribution >= 0.6 is 0 Å². The summed E-state index contributed by atoms with van der Waals surface area (Å²) in [6, 6.07) is 2.25. The van der Waals surface area contributed by atoms with Gasteiger partial charge in [0.1, 0.15) is 17.3 Å². The number of rotatable bonds is 3. The van der Waals surface area contributed by atoms with Crippen molar-refractivity contribution in [3.8, 4) is 11.3 Å². The molecule has 0 aliphatic carbocycles. The van der Waals surface area contributed by atoms with Gasteiger partial charge in [-0.3, -0.25) is 0 Å². The molecule has 3 rings (SSSR count). The van der Waals surface area contributed by atoms with Crippen molar-refractivity contribution in [3.63, 3.8) is 0 Å². The van der Waals surface area contributed by atoms with Crippen molar-refractivity contribution in [2.75, 3.05) is 20.2 Å². The normalized spacial score (nSPS) is 16.0. The molecule has 1 aliphatic rings. The summed E-state index contributed by atoms with van der Waals surface area (Å²) in [4.78, 5) is 14.9. The van der Waals surface area contributed by atoms with Crippen LogP contribution in [0.3, 0.4) is 0 Å². The Hall–Kier alpha value is -2.32. The van der Waals surface area contributed by atoms with E-state index in [0.29, 0.717) is 24.2 Å². The van der Waals surface area contributed by atoms with Crippen LogP contribution in [0.4, 0.5) is 13.6 Å². The summed E-state index contributed by atoms with van der Waals surface area (Å²) in [6.45, 7) is 6.73. The number of hydrogen-bond acceptors (Lipinski definition) is 4. The molecule has 0 radical (unpaired) electrons. The summed E-state index contributed by atoms with van der Waals surface area (Å²) in [5.41, 5.74) is 1.34. The smallest absolute Gasteiger partial charge is 0.342 e. The van der Waals surface area contributed by atoms with E-state index in [4.69, 9.17) is 0 Å². The largest absolute Gasteiger partial charge is 0.394 e. The van der Waals surface area contributed by atoms with E-state index in [1.807, 2.05) is 32.7 Å². The van der Waals surface area contributed by atoms with Crippen LogP contribution in [0.1, 0.15) is 32.0 Å². The second-order valence-corrected chi connectivity index (χ2v) is 8.35. The van der Waals surface area contributed by atoms with Crippen molar-refractivity contribution in [2.45, 2.75) is 39.8 Å². The number of amides is 1. The van der Waals surface area contributed by atoms with Gasteiger partial charge in [0.15, 0.2) is 0 Å². The molecule has 2 N–H and O–H groups in total. The molecule has 0 saturated heterocycles. The van der Waals surface area contributed by atoms with Gasteiger partial charge in [-0.15, -0.1) is 0 Å². The van der Waals surface area contributed by atoms with Gasteiger partial charge in [0.2, 0.25) is 0 Å². The average molecular weight is 392 g/mol. The van der Waals surface area contributed by atoms with Gasteiger partial charge in [0.05, 0.1) is 18.3 Å². The van der Waals surface area contributed by atoms with E-state index in [9.17, 15) is 18.7 Å². The van der Waals surface area contributed by atoms with Gasteiger partial charge < -0.3 is 15.3 Å². The molecule has 0 bridgehead atoms. The second-order valence-electron chi connectivity index (χ2n) is 8.35. The van der Waals surface area contributed by atoms with E-state index < -0.39 is 23.7 Å². The Balaban J connectivity index is 2.06. The van der Waals surface area contributed by atoms with Crippen molar-refractivity contribution in [2.24, 2.45) is 5.41 Å². The number of carbonyl (C=O) groups excluding carboxylic acids is 1. The summed E-state index contributed by atoms with van der Waals surface area (Å²) in [7, 11) is 1.92. The number of fused-ring (bicyclic) bond motifs is 1. The Kier molecular flexibility index (Phi) is 5.54. The first-order chi connectivity index (χ1) is 13.1. The molecule has 8 heteroatoms. The van der Waals surface area contributed by atoms with Crippen molar-refractivity contribution < 1.29 is 18.7 Å². The summed E-state index contributed by atoms with van der Waals surface area (Å²) in [5, 5.41) is 16.8. The molecule has 0 spiro atoms. The van der Waals surface area contributed by atoms with Crippen LogP contribution < -0.4 is 5.32 Å². The van der Waals surface area contributed by atoms with Gasteiger partial charge >= 0.3 is 6.03 Å². The van der Waals surface area contributed by atoms with Crippen LogP contribution in [0.25, 0.3) is 11.3 Å². The van der Waals surface area contributed by atoms with Gasteiger partial charge in [0, 0.05) is 30.6 Å². The van der Waals surface area contributed by atoms with E-state index >= 15 is 0 Å². The molecule has 1 aromatic heterocycles. The fraction of sp³-hybridized carbons (Fsp3) is 0.500. The number of aliphatic hydroxyl groups excluding tert-OH is 1. The highest BCUT2D eigenvalue weighted by molar-refractivity contribution is 5.79. The van der Waals surface area contributed by atoms with Crippen molar-refractivity contribution in [1.29, 1.82) is 0 Å². The third-order valence-corrected chi connectivity index (χ3v) is 5.15. The van der Waals surface area contributed by atoms with Crippen molar-refractivity contribution in [3.05, 3.63) is 41.1 Å². The molecule has 6 nitrogen and oxygen atoms in total. The fourth-order valence-electron chi connectivity index (χ4n) is 3.36. The number of aliphatic hydroxyl groups is 1. The topological polar surface area (TPSA) is 70.4 Å². The molecular formula is C20H26F2N4O2. The number of halogens is 2. The zero-order valence-electron chi connectivity index (χ0n) is 16.6. The number of likely N-dealkylation sites (N-methyl/N-ethyl adjacent to an activating group) is 1. The lowest BCUT2D eigenvalue weighted by Gasteiger charge is -2.30. The van der Waals surface area contributed by atoms with E-state index in [1.54, 1.807) is 0 Å². The number of carbonyl (C=O) groups is 1. The lowest BCUT2D eigenvalue weighted by Crippen LogP contribution is -2.48. The molecule has 1 unspecified atom stereocenters. The summed E-state index contributed by atoms with van der Waals surface area (Å²) >= 11 is 0. The zero-order valence-corrected chi connectivity index (χ0v) is 16.6. The fourth-order valence-corrected chi connectivity index (χ4v) is 3.36. The molecule has 152 valence electrons. The number of aromatic nitrogens is 2. The van der Waals surface area contributed by atoms with Gasteiger partial charge in [-0.25, -0.2) is 13.6 Å². The van der Waals surface area contributed by atoms with Gasteiger partial charge in [0.25, 0.3) is 0 Å². The summed E-state index contributed by atoms with van der Waals surface area (Å²) in [5.74, 6) is -1.16. The highest BCUT2D eigenvalue weighted by Gasteiger charge is 2.31. The van der Waals surface area contributed by atoms with Crippen molar-refractivity contribution in [1.82, 2.24) is 20.0 Å². The molecule has 1 aromatic carbocycles. The predicted octanol–water partition coefficient (Wildman–Crippen LogP) is 2.78. The maximum absolute atomic E-state index is 14.4. The van der Waals surface area contributed by atoms with Crippen LogP contribution in [0.2, 0.25) is 0 Å². The summed E-state index contributed by atoms with van der Waals surface area (Å²) in [6.07, 6.45) is 0.558. The first-order valence-electron chi connectivity index (χ1n) is 9.28. The van der Waals surface area contributed by atoms with Crippen LogP contribution in [-0.4, -0.2) is 52.1 Å². The lowest BCUT2D eigenvalue weighted by molar-refractivity contribution is 0.157. The Labute approximate surface area is 163 Å². The maximum Gasteiger partial charge on any atom is 0.342 e. The standard InChI is InChI=1S/C20H26F2N4O2/c1-20(2,3)17(11-27)23-19(28)26-16-7-8-25(4)10-14(16)18(24-26)13-9-12(21)5-6-15(13)22/h5-6,9,17,27H,7-8,10-11H2,1-4H3,(H,23,28). The van der Waals surface area contributed by atoms with Gasteiger partial charge in [-0.05, 0) is 30.7 Å². The minimum absolute atomic E-state index is 0.0348. The molecule has 1 atom stereocenters. The van der Waals surface area contributed by atoms with Crippen LogP contribution in [0, 0.1) is 17.0 Å². The monoisotopic (exact) mass is 392 g/mol. The van der Waals surface area contributed by atoms with E-state index in [1.165, 1.54) is 4.68 Å². The van der Waals surface area contributed by atoms with Crippen LogP contribution in [-0.2, 0) is 13.0 Å². The maximum atomic E-state index is 14.4. The minimum Gasteiger partial charge on any atom is -0.394 e. The van der Waals surface area contributed by atoms with E-state index in [2.05, 4.69) is 10.4 Å². The molecule has 2 heterocycles. The Morgan fingerprint density at radius 3 is 2.71 bits per heavy atom. The first kappa shape index (κ1) is 20.4. The molecule has 0 saturated carbocycles. The molecule has 0 fully saturated rings. The predicted molar refractivity (Wildman–Crippen MR) is 102 cm³/mol. The van der Waals surface area contributed by atoms with E-state index in [-0.39, 0.29) is 23.3 Å². The Morgan fingerprint density at radius 2 is 2.07 bits per heavy atom. The number of benzene rings is 1. The quantitative estimate of drug-likeness (QED) is 0.843. The first-order valence-corrected chi connectivity index (χ1v) is 9.28. The molecular weight excluding hydrogens is 366 g/mol. The molecule has 1 amide bonds. The summed E-state index contributed by atoms with van der Waals surface area (Å²) < 4.78 is 29.4. The third-order valence-electron chi connectivity index (χ3n) is 5.15. The van der Waals surface area contributed by atoms with Crippen molar-refractivity contribution >= 4 is 6.03 Å². The Morgan fingerprint density at radius 1 is 1.36 bits per heavy atom. The lowest BCUT2D eigenvalue weighted by atomic mass is 9.87. The highest BCUT2D eigenvalue weighted by Crippen LogP contribution is 2.32. The van der Waals surface area contributed by atoms with Gasteiger partial charge in [-0.1, -0.05) is 20.8 Å². The third kappa shape index (κ3) is 3.93. The van der Waals surface area contributed by atoms with Crippen LogP contribution in [0.5, 0.6) is 0 Å². The average Bonchev–Trinajstić information content (AvgIpc) is 2.99. The molecule has 28 heavy (non-hydrogen) atoms. The van der Waals surface area contributed by atoms with Crippen LogP contribution in [0.15, 0.2) is 18.2 Å². The van der Waals surface area contributed by atoms with Gasteiger partial charge in [-0.2, -0.15) is 9.78 Å². The highest BCUT2D eigenvalue weighted by atomic mass is 19.1. The molecule has 1 aliphatic heterocycles. The second kappa shape index (κ2) is 7.60. The number of nitrogens with one attached hydrogen (secondary N) is 1. The SMILES string of the molecule is CN1CCc2c(c(-c3cc(F)ccc3F)nn2C(=O)NC(CO)C(C)(C)C)C1.